The Morgan fingerprint density at radius 3 is 2.20 bits per heavy atom. The summed E-state index contributed by atoms with van der Waals surface area (Å²) in [6.07, 6.45) is -8.84. The first-order chi connectivity index (χ1) is 18.7. The molecule has 2 heterocycles. The zero-order chi connectivity index (χ0) is 29.1. The van der Waals surface area contributed by atoms with Crippen molar-refractivity contribution in [3.63, 3.8) is 0 Å². The third kappa shape index (κ3) is 7.68. The van der Waals surface area contributed by atoms with Crippen LogP contribution in [0.3, 0.4) is 0 Å². The number of hydrogen-bond acceptors (Lipinski definition) is 8. The molecule has 0 bridgehead atoms. The molecule has 0 saturated carbocycles. The zero-order valence-electron chi connectivity index (χ0n) is 20.3. The van der Waals surface area contributed by atoms with E-state index in [9.17, 15) is 39.2 Å². The summed E-state index contributed by atoms with van der Waals surface area (Å²) in [6.45, 7) is -1.59. The van der Waals surface area contributed by atoms with E-state index in [1.54, 1.807) is 0 Å². The Bertz CT molecular complexity index is 1430. The highest BCUT2D eigenvalue weighted by Crippen LogP contribution is 2.31. The monoisotopic (exact) mass is 594 g/mol. The number of aromatic nitrogens is 3. The van der Waals surface area contributed by atoms with Gasteiger partial charge in [0.1, 0.15) is 5.82 Å². The molecule has 9 nitrogen and oxygen atoms in total. The van der Waals surface area contributed by atoms with Crippen molar-refractivity contribution in [2.45, 2.75) is 36.1 Å². The van der Waals surface area contributed by atoms with E-state index in [2.05, 4.69) is 30.3 Å². The maximum absolute atomic E-state index is 13.2. The highest BCUT2D eigenvalue weighted by molar-refractivity contribution is 7.89. The second-order valence-corrected chi connectivity index (χ2v) is 10.6. The predicted octanol–water partition coefficient (Wildman–Crippen LogP) is 4.98. The maximum atomic E-state index is 13.2. The topological polar surface area (TPSA) is 109 Å². The van der Waals surface area contributed by atoms with E-state index in [-0.39, 0.29) is 48.4 Å². The summed E-state index contributed by atoms with van der Waals surface area (Å²) in [5, 5.41) is 5.39. The number of nitrogens with zero attached hydrogens (tertiary/aromatic N) is 4. The third-order valence-corrected chi connectivity index (χ3v) is 7.58. The lowest BCUT2D eigenvalue weighted by Gasteiger charge is -2.31. The summed E-state index contributed by atoms with van der Waals surface area (Å²) in [5.74, 6) is -1.20. The van der Waals surface area contributed by atoms with Gasteiger partial charge in [-0.25, -0.2) is 12.8 Å². The minimum absolute atomic E-state index is 0.0647. The Labute approximate surface area is 223 Å². The Kier molecular flexibility index (Phi) is 8.34. The van der Waals surface area contributed by atoms with Crippen molar-refractivity contribution in [2.24, 2.45) is 0 Å². The molecule has 0 amide bonds. The van der Waals surface area contributed by atoms with Crippen molar-refractivity contribution in [1.82, 2.24) is 19.3 Å². The highest BCUT2D eigenvalue weighted by Gasteiger charge is 2.32. The number of anilines is 3. The first-order valence-electron chi connectivity index (χ1n) is 11.6. The quantitative estimate of drug-likeness (QED) is 0.352. The van der Waals surface area contributed by atoms with Gasteiger partial charge >= 0.3 is 18.4 Å². The van der Waals surface area contributed by atoms with Crippen LogP contribution in [0, 0.1) is 5.82 Å². The van der Waals surface area contributed by atoms with Gasteiger partial charge in [0.05, 0.1) is 10.5 Å². The van der Waals surface area contributed by atoms with Crippen LogP contribution >= 0.6 is 0 Å². The van der Waals surface area contributed by atoms with Crippen molar-refractivity contribution in [2.75, 3.05) is 30.3 Å². The van der Waals surface area contributed by atoms with Crippen LogP contribution in [0.4, 0.5) is 48.3 Å². The number of piperidine rings is 1. The molecule has 0 aliphatic carbocycles. The predicted molar refractivity (Wildman–Crippen MR) is 128 cm³/mol. The van der Waals surface area contributed by atoms with Gasteiger partial charge in [0.15, 0.2) is 6.61 Å². The minimum atomic E-state index is -4.71. The fraction of sp³-hybridized carbons (Fsp3) is 0.348. The molecular formula is C23H21F7N6O3S. The first-order valence-corrected chi connectivity index (χ1v) is 13.1. The van der Waals surface area contributed by atoms with Gasteiger partial charge < -0.3 is 15.4 Å². The van der Waals surface area contributed by atoms with E-state index in [1.807, 2.05) is 0 Å². The molecule has 1 aliphatic rings. The summed E-state index contributed by atoms with van der Waals surface area (Å²) in [5.41, 5.74) is -1.06. The molecule has 0 unspecified atom stereocenters. The molecule has 17 heteroatoms. The summed E-state index contributed by atoms with van der Waals surface area (Å²) in [7, 11) is -3.88. The summed E-state index contributed by atoms with van der Waals surface area (Å²) in [6, 6.07) is 7.23. The van der Waals surface area contributed by atoms with Crippen LogP contribution in [0.25, 0.3) is 0 Å². The van der Waals surface area contributed by atoms with Crippen molar-refractivity contribution in [3.8, 4) is 6.01 Å². The lowest BCUT2D eigenvalue weighted by molar-refractivity contribution is -0.154. The van der Waals surface area contributed by atoms with E-state index >= 15 is 0 Å². The smallest absolute Gasteiger partial charge is 0.422 e. The van der Waals surface area contributed by atoms with E-state index < -0.39 is 52.4 Å². The number of alkyl halides is 6. The van der Waals surface area contributed by atoms with Gasteiger partial charge in [0, 0.05) is 24.8 Å². The molecule has 3 aromatic rings. The van der Waals surface area contributed by atoms with Gasteiger partial charge in [-0.1, -0.05) is 6.07 Å². The molecular weight excluding hydrogens is 573 g/mol. The Morgan fingerprint density at radius 2 is 1.57 bits per heavy atom. The van der Waals surface area contributed by atoms with Gasteiger partial charge in [-0.3, -0.25) is 0 Å². The van der Waals surface area contributed by atoms with Crippen molar-refractivity contribution in [3.05, 3.63) is 59.9 Å². The fourth-order valence-corrected chi connectivity index (χ4v) is 5.24. The van der Waals surface area contributed by atoms with Gasteiger partial charge in [-0.2, -0.15) is 45.6 Å². The molecule has 0 radical (unpaired) electrons. The van der Waals surface area contributed by atoms with Crippen LogP contribution in [0.2, 0.25) is 0 Å². The van der Waals surface area contributed by atoms with E-state index in [0.29, 0.717) is 0 Å². The maximum Gasteiger partial charge on any atom is 0.422 e. The molecule has 1 fully saturated rings. The molecule has 0 atom stereocenters. The van der Waals surface area contributed by atoms with Gasteiger partial charge in [0.25, 0.3) is 0 Å². The molecule has 1 aliphatic heterocycles. The molecule has 1 saturated heterocycles. The Morgan fingerprint density at radius 1 is 0.925 bits per heavy atom. The number of hydrogen-bond donors (Lipinski definition) is 2. The van der Waals surface area contributed by atoms with Crippen LogP contribution in [-0.4, -0.2) is 59.6 Å². The molecule has 0 spiro atoms. The summed E-state index contributed by atoms with van der Waals surface area (Å²) in [4.78, 5) is 11.5. The number of nitrogens with one attached hydrogen (secondary N) is 2. The van der Waals surface area contributed by atoms with Crippen LogP contribution < -0.4 is 15.4 Å². The average Bonchev–Trinajstić information content (AvgIpc) is 2.87. The third-order valence-electron chi connectivity index (χ3n) is 5.66. The van der Waals surface area contributed by atoms with Gasteiger partial charge in [0.2, 0.25) is 21.9 Å². The highest BCUT2D eigenvalue weighted by atomic mass is 32.2. The van der Waals surface area contributed by atoms with Crippen molar-refractivity contribution < 1.29 is 43.9 Å². The second kappa shape index (κ2) is 11.4. The number of sulfonamides is 1. The Hall–Kier alpha value is -3.73. The molecule has 2 N–H and O–H groups in total. The lowest BCUT2D eigenvalue weighted by atomic mass is 10.1. The largest absolute Gasteiger partial charge is 0.454 e. The zero-order valence-corrected chi connectivity index (χ0v) is 21.1. The molecule has 1 aromatic heterocycles. The molecule has 4 rings (SSSR count). The Balaban J connectivity index is 1.49. The second-order valence-electron chi connectivity index (χ2n) is 8.65. The van der Waals surface area contributed by atoms with Crippen molar-refractivity contribution >= 4 is 27.6 Å². The molecule has 2 aromatic carbocycles. The normalized spacial score (nSPS) is 15.6. The number of rotatable bonds is 8. The van der Waals surface area contributed by atoms with Crippen LogP contribution in [-0.2, 0) is 16.2 Å². The molecule has 40 heavy (non-hydrogen) atoms. The lowest BCUT2D eigenvalue weighted by Crippen LogP contribution is -2.42. The SMILES string of the molecule is O=S(=O)(c1ccc(F)cc1)N1CCC(Nc2nc(Nc3cccc(C(F)(F)F)c3)nc(OCC(F)(F)F)n2)CC1. The van der Waals surface area contributed by atoms with Crippen molar-refractivity contribution in [1.29, 1.82) is 0 Å². The van der Waals surface area contributed by atoms with E-state index in [0.717, 1.165) is 42.5 Å². The summed E-state index contributed by atoms with van der Waals surface area (Å²) < 4.78 is 122. The number of halogens is 7. The summed E-state index contributed by atoms with van der Waals surface area (Å²) >= 11 is 0. The number of benzene rings is 2. The average molecular weight is 595 g/mol. The van der Waals surface area contributed by atoms with Crippen LogP contribution in [0.5, 0.6) is 6.01 Å². The van der Waals surface area contributed by atoms with Crippen LogP contribution in [0.15, 0.2) is 53.4 Å². The fourth-order valence-electron chi connectivity index (χ4n) is 3.77. The number of ether oxygens (including phenoxy) is 1. The minimum Gasteiger partial charge on any atom is -0.454 e. The van der Waals surface area contributed by atoms with Gasteiger partial charge in [-0.15, -0.1) is 0 Å². The van der Waals surface area contributed by atoms with E-state index in [1.165, 1.54) is 10.4 Å². The van der Waals surface area contributed by atoms with E-state index in [4.69, 9.17) is 0 Å². The first kappa shape index (κ1) is 29.3. The van der Waals surface area contributed by atoms with Gasteiger partial charge in [-0.05, 0) is 55.3 Å². The van der Waals surface area contributed by atoms with Crippen LogP contribution in [0.1, 0.15) is 18.4 Å². The standard InChI is InChI=1S/C23H21F7N6O3S/c24-15-4-6-18(7-5-15)40(37,38)36-10-8-16(9-11-36)31-19-33-20(35-21(34-19)39-13-22(25,26)27)32-17-3-1-2-14(12-17)23(28,29)30/h1-7,12,16H,8-11,13H2,(H2,31,32,33,34,35). The molecule has 216 valence electrons.